The van der Waals surface area contributed by atoms with Crippen LogP contribution in [0.3, 0.4) is 0 Å². The number of ether oxygens (including phenoxy) is 3. The van der Waals surface area contributed by atoms with Crippen molar-refractivity contribution in [1.29, 1.82) is 0 Å². The minimum atomic E-state index is -0.391. The monoisotopic (exact) mass is 363 g/mol. The number of hydrogen-bond donors (Lipinski definition) is 2. The maximum absolute atomic E-state index is 12.3. The third-order valence-corrected chi connectivity index (χ3v) is 4.86. The van der Waals surface area contributed by atoms with E-state index in [-0.39, 0.29) is 12.0 Å². The molecule has 0 saturated carbocycles. The maximum atomic E-state index is 12.3. The average molecular weight is 363 g/mol. The molecule has 0 aliphatic carbocycles. The zero-order valence-corrected chi connectivity index (χ0v) is 15.2. The van der Waals surface area contributed by atoms with E-state index in [0.717, 1.165) is 57.0 Å². The van der Waals surface area contributed by atoms with Gasteiger partial charge in [0.05, 0.1) is 19.3 Å². The summed E-state index contributed by atoms with van der Waals surface area (Å²) in [6, 6.07) is 7.81. The van der Waals surface area contributed by atoms with Crippen molar-refractivity contribution in [1.82, 2.24) is 10.2 Å². The number of nitrogens with one attached hydrogen (secondary N) is 1. The number of para-hydroxylation sites is 1. The molecule has 0 radical (unpaired) electrons. The Balaban J connectivity index is 1.45. The second kappa shape index (κ2) is 9.87. The lowest BCUT2D eigenvalue weighted by atomic mass is 10.1. The van der Waals surface area contributed by atoms with Gasteiger partial charge in [0.15, 0.2) is 0 Å². The topological polar surface area (TPSA) is 86.1 Å². The molecule has 0 unspecified atom stereocenters. The Labute approximate surface area is 154 Å². The largest absolute Gasteiger partial charge is 0.492 e. The summed E-state index contributed by atoms with van der Waals surface area (Å²) in [7, 11) is 0. The minimum Gasteiger partial charge on any atom is -0.492 e. The Bertz CT molecular complexity index is 578. The molecule has 0 bridgehead atoms. The molecule has 3 rings (SSSR count). The van der Waals surface area contributed by atoms with Gasteiger partial charge in [-0.2, -0.15) is 0 Å². The number of carbonyl (C=O) groups excluding carboxylic acids is 1. The van der Waals surface area contributed by atoms with Crippen LogP contribution in [0.4, 0.5) is 0 Å². The van der Waals surface area contributed by atoms with Gasteiger partial charge in [0.1, 0.15) is 18.5 Å². The third-order valence-electron chi connectivity index (χ3n) is 4.86. The van der Waals surface area contributed by atoms with Gasteiger partial charge in [-0.15, -0.1) is 0 Å². The van der Waals surface area contributed by atoms with Gasteiger partial charge in [-0.1, -0.05) is 18.2 Å². The highest BCUT2D eigenvalue weighted by atomic mass is 16.5. The highest BCUT2D eigenvalue weighted by molar-refractivity contribution is 5.81. The van der Waals surface area contributed by atoms with Crippen molar-refractivity contribution in [3.63, 3.8) is 0 Å². The number of amides is 1. The predicted molar refractivity (Wildman–Crippen MR) is 98.0 cm³/mol. The van der Waals surface area contributed by atoms with E-state index in [4.69, 9.17) is 19.9 Å². The van der Waals surface area contributed by atoms with Gasteiger partial charge >= 0.3 is 0 Å². The third kappa shape index (κ3) is 5.41. The summed E-state index contributed by atoms with van der Waals surface area (Å²) in [4.78, 5) is 14.6. The summed E-state index contributed by atoms with van der Waals surface area (Å²) in [5, 5.41) is 2.95. The Morgan fingerprint density at radius 1 is 1.27 bits per heavy atom. The van der Waals surface area contributed by atoms with E-state index < -0.39 is 6.10 Å². The van der Waals surface area contributed by atoms with Gasteiger partial charge in [-0.3, -0.25) is 9.69 Å². The lowest BCUT2D eigenvalue weighted by Crippen LogP contribution is -2.38. The van der Waals surface area contributed by atoms with Gasteiger partial charge in [0, 0.05) is 38.3 Å². The van der Waals surface area contributed by atoms with Crippen molar-refractivity contribution in [2.45, 2.75) is 31.6 Å². The molecular formula is C19H29N3O4. The summed E-state index contributed by atoms with van der Waals surface area (Å²) < 4.78 is 16.9. The molecule has 2 saturated heterocycles. The fourth-order valence-electron chi connectivity index (χ4n) is 3.27. The maximum Gasteiger partial charge on any atom is 0.249 e. The molecule has 1 aromatic carbocycles. The molecule has 2 atom stereocenters. The van der Waals surface area contributed by atoms with E-state index in [1.165, 1.54) is 0 Å². The molecule has 26 heavy (non-hydrogen) atoms. The second-order valence-electron chi connectivity index (χ2n) is 6.69. The Morgan fingerprint density at radius 3 is 2.85 bits per heavy atom. The first-order valence-corrected chi connectivity index (χ1v) is 9.40. The van der Waals surface area contributed by atoms with Crippen LogP contribution < -0.4 is 15.8 Å². The van der Waals surface area contributed by atoms with Crippen molar-refractivity contribution in [3.8, 4) is 5.75 Å². The summed E-state index contributed by atoms with van der Waals surface area (Å²) in [5.41, 5.74) is 6.57. The number of carbonyl (C=O) groups is 1. The summed E-state index contributed by atoms with van der Waals surface area (Å²) in [6.45, 7) is 5.87. The second-order valence-corrected chi connectivity index (χ2v) is 6.69. The highest BCUT2D eigenvalue weighted by Crippen LogP contribution is 2.20. The SMILES string of the molecule is NC[C@H]1CC[C@@H](C(=O)NCc2ccccc2OCCN2CCOCC2)O1. The van der Waals surface area contributed by atoms with Crippen LogP contribution in [0, 0.1) is 0 Å². The van der Waals surface area contributed by atoms with E-state index in [0.29, 0.717) is 19.7 Å². The molecule has 2 fully saturated rings. The molecule has 7 nitrogen and oxygen atoms in total. The normalized spacial score (nSPS) is 23.7. The molecule has 2 aliphatic heterocycles. The Morgan fingerprint density at radius 2 is 2.08 bits per heavy atom. The highest BCUT2D eigenvalue weighted by Gasteiger charge is 2.29. The van der Waals surface area contributed by atoms with Gasteiger partial charge in [-0.25, -0.2) is 0 Å². The fraction of sp³-hybridized carbons (Fsp3) is 0.632. The van der Waals surface area contributed by atoms with Crippen LogP contribution in [0.2, 0.25) is 0 Å². The van der Waals surface area contributed by atoms with Crippen LogP contribution in [-0.2, 0) is 20.8 Å². The van der Waals surface area contributed by atoms with Crippen LogP contribution in [0.5, 0.6) is 5.75 Å². The molecule has 3 N–H and O–H groups in total. The zero-order chi connectivity index (χ0) is 18.2. The van der Waals surface area contributed by atoms with Crippen molar-refractivity contribution in [2.75, 3.05) is 46.0 Å². The molecule has 2 aliphatic rings. The quantitative estimate of drug-likeness (QED) is 0.700. The van der Waals surface area contributed by atoms with Crippen LogP contribution in [0.15, 0.2) is 24.3 Å². The smallest absolute Gasteiger partial charge is 0.249 e. The number of nitrogens with zero attached hydrogens (tertiary/aromatic N) is 1. The van der Waals surface area contributed by atoms with E-state index in [1.807, 2.05) is 24.3 Å². The van der Waals surface area contributed by atoms with Gasteiger partial charge in [0.2, 0.25) is 5.91 Å². The van der Waals surface area contributed by atoms with E-state index in [1.54, 1.807) is 0 Å². The van der Waals surface area contributed by atoms with Gasteiger partial charge in [-0.05, 0) is 18.9 Å². The van der Waals surface area contributed by atoms with E-state index in [2.05, 4.69) is 10.2 Å². The number of hydrogen-bond acceptors (Lipinski definition) is 6. The number of benzene rings is 1. The molecule has 2 heterocycles. The lowest BCUT2D eigenvalue weighted by molar-refractivity contribution is -0.132. The molecule has 0 spiro atoms. The first kappa shape index (κ1) is 19.1. The minimum absolute atomic E-state index is 0.00144. The first-order valence-electron chi connectivity index (χ1n) is 9.40. The summed E-state index contributed by atoms with van der Waals surface area (Å²) in [6.07, 6.45) is 1.18. The number of nitrogens with two attached hydrogens (primary N) is 1. The van der Waals surface area contributed by atoms with Crippen molar-refractivity contribution in [3.05, 3.63) is 29.8 Å². The van der Waals surface area contributed by atoms with E-state index >= 15 is 0 Å². The van der Waals surface area contributed by atoms with Crippen molar-refractivity contribution >= 4 is 5.91 Å². The zero-order valence-electron chi connectivity index (χ0n) is 15.2. The molecule has 7 heteroatoms. The van der Waals surface area contributed by atoms with Crippen molar-refractivity contribution in [2.24, 2.45) is 5.73 Å². The standard InChI is InChI=1S/C19H29N3O4/c20-13-16-5-6-18(26-16)19(23)21-14-15-3-1-2-4-17(15)25-12-9-22-7-10-24-11-8-22/h1-4,16,18H,5-14,20H2,(H,21,23)/t16-,18+/m1/s1. The number of morpholine rings is 1. The van der Waals surface area contributed by atoms with Crippen LogP contribution in [-0.4, -0.2) is 69.0 Å². The molecular weight excluding hydrogens is 334 g/mol. The predicted octanol–water partition coefficient (Wildman–Crippen LogP) is 0.520. The van der Waals surface area contributed by atoms with E-state index in [9.17, 15) is 4.79 Å². The average Bonchev–Trinajstić information content (AvgIpc) is 3.17. The molecule has 0 aromatic heterocycles. The fourth-order valence-corrected chi connectivity index (χ4v) is 3.27. The Kier molecular flexibility index (Phi) is 7.25. The van der Waals surface area contributed by atoms with Gasteiger partial charge in [0.25, 0.3) is 0 Å². The van der Waals surface area contributed by atoms with Crippen LogP contribution >= 0.6 is 0 Å². The lowest BCUT2D eigenvalue weighted by Gasteiger charge is -2.26. The molecule has 1 amide bonds. The molecule has 1 aromatic rings. The van der Waals surface area contributed by atoms with Crippen LogP contribution in [0.1, 0.15) is 18.4 Å². The molecule has 144 valence electrons. The van der Waals surface area contributed by atoms with Crippen LogP contribution in [0.25, 0.3) is 0 Å². The van der Waals surface area contributed by atoms with Gasteiger partial charge < -0.3 is 25.3 Å². The first-order chi connectivity index (χ1) is 12.8. The summed E-state index contributed by atoms with van der Waals surface area (Å²) >= 11 is 0. The Hall–Kier alpha value is -1.67. The van der Waals surface area contributed by atoms with Crippen molar-refractivity contribution < 1.29 is 19.0 Å². The summed E-state index contributed by atoms with van der Waals surface area (Å²) in [5.74, 6) is 0.734. The number of rotatable bonds is 8.